The highest BCUT2D eigenvalue weighted by molar-refractivity contribution is 6.00. The number of fused-ring (bicyclic) bond motifs is 1. The average Bonchev–Trinajstić information content (AvgIpc) is 3.48. The van der Waals surface area contributed by atoms with Gasteiger partial charge in [0.05, 0.1) is 29.4 Å². The van der Waals surface area contributed by atoms with E-state index in [1.807, 2.05) is 47.9 Å². The fourth-order valence-electron chi connectivity index (χ4n) is 9.32. The van der Waals surface area contributed by atoms with Gasteiger partial charge in [-0.15, -0.1) is 0 Å². The Hall–Kier alpha value is -3.79. The summed E-state index contributed by atoms with van der Waals surface area (Å²) >= 11 is 0. The molecule has 59 heavy (non-hydrogen) atoms. The smallest absolute Gasteiger partial charge is 0.410 e. The maximum absolute atomic E-state index is 14.5. The van der Waals surface area contributed by atoms with Gasteiger partial charge in [-0.05, 0) is 104 Å². The van der Waals surface area contributed by atoms with Gasteiger partial charge in [-0.3, -0.25) is 14.5 Å². The number of ketones is 1. The molecule has 0 aromatic heterocycles. The molecule has 1 aromatic rings. The largest absolute Gasteiger partial charge is 0.459 e. The van der Waals surface area contributed by atoms with Crippen LogP contribution in [0.5, 0.6) is 0 Å². The van der Waals surface area contributed by atoms with Crippen LogP contribution in [0.1, 0.15) is 97.9 Å². The van der Waals surface area contributed by atoms with E-state index < -0.39 is 71.7 Å². The van der Waals surface area contributed by atoms with Crippen molar-refractivity contribution in [2.24, 2.45) is 28.8 Å². The van der Waals surface area contributed by atoms with Crippen LogP contribution in [0.2, 0.25) is 0 Å². The van der Waals surface area contributed by atoms with Crippen molar-refractivity contribution in [3.63, 3.8) is 0 Å². The number of nitrogens with one attached hydrogen (secondary N) is 1. The van der Waals surface area contributed by atoms with Crippen LogP contribution < -0.4 is 5.32 Å². The van der Waals surface area contributed by atoms with Crippen LogP contribution in [0.4, 0.5) is 4.79 Å². The number of Topliss-reactive ketones (excluding diaryl/α,β-unsaturated/α-hetero) is 1. The van der Waals surface area contributed by atoms with Crippen LogP contribution in [0, 0.1) is 23.7 Å². The number of methoxy groups -OCH3 is 1. The molecule has 13 atom stereocenters. The first-order chi connectivity index (χ1) is 27.9. The van der Waals surface area contributed by atoms with E-state index in [9.17, 15) is 19.2 Å². The Morgan fingerprint density at radius 2 is 1.78 bits per heavy atom. The summed E-state index contributed by atoms with van der Waals surface area (Å²) in [5.41, 5.74) is 6.87. The van der Waals surface area contributed by atoms with Crippen LogP contribution in [0.15, 0.2) is 35.4 Å². The van der Waals surface area contributed by atoms with Gasteiger partial charge in [-0.1, -0.05) is 51.0 Å². The van der Waals surface area contributed by atoms with Crippen LogP contribution in [0.25, 0.3) is 10.4 Å². The Bertz CT molecular complexity index is 1630. The first-order valence-electron chi connectivity index (χ1n) is 21.1. The van der Waals surface area contributed by atoms with Gasteiger partial charge in [0.2, 0.25) is 0 Å². The summed E-state index contributed by atoms with van der Waals surface area (Å²) in [4.78, 5) is 61.6. The lowest BCUT2D eigenvalue weighted by atomic mass is 9.78. The summed E-state index contributed by atoms with van der Waals surface area (Å²) in [7, 11) is 5.57. The molecule has 330 valence electrons. The zero-order valence-corrected chi connectivity index (χ0v) is 36.9. The number of carbonyl (C=O) groups is 4. The maximum atomic E-state index is 14.5. The van der Waals surface area contributed by atoms with E-state index in [2.05, 4.69) is 27.2 Å². The Labute approximate surface area is 349 Å². The number of cyclic esters (lactones) is 1. The van der Waals surface area contributed by atoms with Gasteiger partial charge in [-0.2, -0.15) is 0 Å². The third-order valence-corrected chi connectivity index (χ3v) is 12.7. The summed E-state index contributed by atoms with van der Waals surface area (Å²) in [6, 6.07) is 7.93. The summed E-state index contributed by atoms with van der Waals surface area (Å²) in [6.07, 6.45) is -1.04. The van der Waals surface area contributed by atoms with Gasteiger partial charge in [0.1, 0.15) is 18.6 Å². The molecule has 0 spiro atoms. The van der Waals surface area contributed by atoms with Gasteiger partial charge >= 0.3 is 18.0 Å². The van der Waals surface area contributed by atoms with E-state index in [1.54, 1.807) is 50.1 Å². The lowest BCUT2D eigenvalue weighted by Gasteiger charge is -2.47. The highest BCUT2D eigenvalue weighted by Gasteiger charge is 2.58. The van der Waals surface area contributed by atoms with Crippen LogP contribution in [0.3, 0.4) is 0 Å². The molecule has 0 bridgehead atoms. The number of carbonyl (C=O) groups excluding carboxylic acids is 4. The molecule has 4 rings (SSSR count). The highest BCUT2D eigenvalue weighted by Crippen LogP contribution is 2.40. The lowest BCUT2D eigenvalue weighted by Crippen LogP contribution is -2.61. The third kappa shape index (κ3) is 11.3. The number of benzene rings is 1. The van der Waals surface area contributed by atoms with Crippen molar-refractivity contribution in [1.82, 2.24) is 15.1 Å². The number of ether oxygens (including phenoxy) is 6. The van der Waals surface area contributed by atoms with Gasteiger partial charge in [-0.25, -0.2) is 9.59 Å². The maximum Gasteiger partial charge on any atom is 0.410 e. The molecule has 1 amide bonds. The molecule has 1 aromatic carbocycles. The van der Waals surface area contributed by atoms with Gasteiger partial charge in [0, 0.05) is 49.0 Å². The molecule has 16 nitrogen and oxygen atoms in total. The predicted octanol–water partition coefficient (Wildman–Crippen LogP) is 6.17. The molecule has 3 heterocycles. The standard InChI is InChI=1S/C43H68N6O10/c1-12-34-43(8)36(49(41(53)59-43)21-17-16-20-46-47-44)30(6)45-24-26(2)23-42(7,54-11)37(28(4)35(50)29(5)38(51)57-34)58-40-27(3)33(48(9)10)22-32(56-40)25-55-39(52)31-18-14-13-15-19-31/h13-15,18-19,26-30,32-34,36-37,40,45H,12,16-17,20-25H2,1-11H3/t26-,27-,28+,29-,30-,32+,33?,34-,36-,37-,40+,42-,43-/m1/s1. The summed E-state index contributed by atoms with van der Waals surface area (Å²) in [6.45, 7) is 16.2. The minimum absolute atomic E-state index is 0.0100. The second kappa shape index (κ2) is 21.1. The van der Waals surface area contributed by atoms with E-state index in [4.69, 9.17) is 34.0 Å². The number of nitrogens with zero attached hydrogens (tertiary/aromatic N) is 5. The number of hydrogen-bond acceptors (Lipinski definition) is 13. The van der Waals surface area contributed by atoms with E-state index >= 15 is 0 Å². The SMILES string of the molecule is CC[C@H]1OC(=O)[C@H](C)C(=O)[C@H](C)[C@@H](O[C@@H]2O[C@H](COC(=O)c3ccccc3)CC(N(C)C)[C@H]2C)[C@](C)(OC)C[C@@H](C)CN[C@H](C)[C@H]2N(CCCCN=[N+]=[N-])C(=O)O[C@]12C. The van der Waals surface area contributed by atoms with Crippen molar-refractivity contribution in [2.45, 2.75) is 141 Å². The van der Waals surface area contributed by atoms with Crippen molar-refractivity contribution in [2.75, 3.05) is 47.4 Å². The number of azide groups is 1. The number of unbranched alkanes of at least 4 members (excludes halogenated alkanes) is 1. The Morgan fingerprint density at radius 3 is 2.41 bits per heavy atom. The molecular formula is C43H68N6O10. The molecule has 0 aliphatic carbocycles. The van der Waals surface area contributed by atoms with Crippen molar-refractivity contribution >= 4 is 23.8 Å². The molecule has 1 N–H and O–H groups in total. The minimum Gasteiger partial charge on any atom is -0.459 e. The van der Waals surface area contributed by atoms with Crippen molar-refractivity contribution in [3.05, 3.63) is 46.3 Å². The quantitative estimate of drug-likeness (QED) is 0.0454. The number of esters is 2. The van der Waals surface area contributed by atoms with Gasteiger partial charge < -0.3 is 38.6 Å². The molecule has 3 aliphatic rings. The molecule has 0 radical (unpaired) electrons. The molecule has 0 saturated carbocycles. The number of hydrogen-bond donors (Lipinski definition) is 1. The predicted molar refractivity (Wildman–Crippen MR) is 220 cm³/mol. The van der Waals surface area contributed by atoms with Crippen LogP contribution in [-0.2, 0) is 38.0 Å². The van der Waals surface area contributed by atoms with Crippen molar-refractivity contribution < 1.29 is 47.6 Å². The lowest BCUT2D eigenvalue weighted by molar-refractivity contribution is -0.286. The van der Waals surface area contributed by atoms with E-state index in [0.717, 1.165) is 0 Å². The first-order valence-corrected chi connectivity index (χ1v) is 21.1. The van der Waals surface area contributed by atoms with Crippen LogP contribution in [-0.4, -0.2) is 135 Å². The monoisotopic (exact) mass is 828 g/mol. The molecular weight excluding hydrogens is 761 g/mol. The highest BCUT2D eigenvalue weighted by atomic mass is 16.7. The van der Waals surface area contributed by atoms with E-state index in [-0.39, 0.29) is 36.3 Å². The normalized spacial score (nSPS) is 36.1. The summed E-state index contributed by atoms with van der Waals surface area (Å²) in [5.74, 6) is -3.80. The Morgan fingerprint density at radius 1 is 1.08 bits per heavy atom. The van der Waals surface area contributed by atoms with E-state index in [1.165, 1.54) is 6.92 Å². The molecule has 3 aliphatic heterocycles. The zero-order chi connectivity index (χ0) is 43.7. The number of rotatable bonds is 13. The molecule has 3 fully saturated rings. The third-order valence-electron chi connectivity index (χ3n) is 12.7. The second-order valence-electron chi connectivity index (χ2n) is 17.4. The average molecular weight is 829 g/mol. The van der Waals surface area contributed by atoms with Crippen LogP contribution >= 0.6 is 0 Å². The fourth-order valence-corrected chi connectivity index (χ4v) is 9.32. The second-order valence-corrected chi connectivity index (χ2v) is 17.4. The Kier molecular flexibility index (Phi) is 17.2. The Balaban J connectivity index is 1.66. The first kappa shape index (κ1) is 47.9. The fraction of sp³-hybridized carbons (Fsp3) is 0.767. The summed E-state index contributed by atoms with van der Waals surface area (Å²) in [5, 5.41) is 7.27. The van der Waals surface area contributed by atoms with E-state index in [0.29, 0.717) is 57.3 Å². The molecule has 3 saturated heterocycles. The topological polar surface area (TPSA) is 191 Å². The van der Waals surface area contributed by atoms with Crippen molar-refractivity contribution in [3.8, 4) is 0 Å². The van der Waals surface area contributed by atoms with Gasteiger partial charge in [0.15, 0.2) is 17.7 Å². The van der Waals surface area contributed by atoms with Gasteiger partial charge in [0.25, 0.3) is 0 Å². The number of amides is 1. The molecule has 1 unspecified atom stereocenters. The summed E-state index contributed by atoms with van der Waals surface area (Å²) < 4.78 is 37.9. The molecule has 16 heteroatoms. The zero-order valence-electron chi connectivity index (χ0n) is 36.9. The van der Waals surface area contributed by atoms with Crippen molar-refractivity contribution in [1.29, 1.82) is 0 Å². The minimum atomic E-state index is -1.24.